The van der Waals surface area contributed by atoms with Gasteiger partial charge in [0.05, 0.1) is 18.8 Å². The summed E-state index contributed by atoms with van der Waals surface area (Å²) < 4.78 is 7.64. The molecule has 21 heavy (non-hydrogen) atoms. The average Bonchev–Trinajstić information content (AvgIpc) is 2.89. The van der Waals surface area contributed by atoms with Crippen LogP contribution in [-0.2, 0) is 17.9 Å². The van der Waals surface area contributed by atoms with Crippen molar-refractivity contribution in [3.63, 3.8) is 0 Å². The Morgan fingerprint density at radius 3 is 2.90 bits per heavy atom. The van der Waals surface area contributed by atoms with Crippen LogP contribution < -0.4 is 4.74 Å². The molecule has 0 atom stereocenters. The van der Waals surface area contributed by atoms with Gasteiger partial charge in [-0.3, -0.25) is 9.48 Å². The molecule has 0 N–H and O–H groups in total. The van der Waals surface area contributed by atoms with E-state index in [0.29, 0.717) is 37.7 Å². The van der Waals surface area contributed by atoms with Gasteiger partial charge >= 0.3 is 0 Å². The topological polar surface area (TPSA) is 47.4 Å². The second kappa shape index (κ2) is 6.61. The van der Waals surface area contributed by atoms with E-state index in [-0.39, 0.29) is 5.91 Å². The fourth-order valence-corrected chi connectivity index (χ4v) is 2.31. The molecule has 0 aliphatic carbocycles. The third-order valence-electron chi connectivity index (χ3n) is 3.70. The Bertz CT molecular complexity index is 572. The quantitative estimate of drug-likeness (QED) is 0.618. The Labute approximate surface area is 125 Å². The number of carbonyl (C=O) groups excluding carboxylic acids is 1. The first kappa shape index (κ1) is 15.4. The Hall–Kier alpha value is -2.04. The number of fused-ring (bicyclic) bond motifs is 1. The van der Waals surface area contributed by atoms with Crippen molar-refractivity contribution >= 4 is 5.91 Å². The lowest BCUT2D eigenvalue weighted by molar-refractivity contribution is -0.128. The molecule has 0 radical (unpaired) electrons. The third kappa shape index (κ3) is 3.54. The Balaban J connectivity index is 2.02. The molecule has 1 amide bonds. The predicted octanol–water partition coefficient (Wildman–Crippen LogP) is 2.54. The van der Waals surface area contributed by atoms with Crippen LogP contribution in [0.3, 0.4) is 0 Å². The highest BCUT2D eigenvalue weighted by Gasteiger charge is 2.22. The molecule has 5 heteroatoms. The minimum atomic E-state index is 0.00658. The van der Waals surface area contributed by atoms with Crippen molar-refractivity contribution in [2.75, 3.05) is 13.2 Å². The van der Waals surface area contributed by atoms with E-state index >= 15 is 0 Å². The molecule has 2 rings (SSSR count). The van der Waals surface area contributed by atoms with Gasteiger partial charge in [-0.2, -0.15) is 0 Å². The maximum atomic E-state index is 12.0. The van der Waals surface area contributed by atoms with E-state index in [4.69, 9.17) is 4.74 Å². The second-order valence-corrected chi connectivity index (χ2v) is 5.29. The molecule has 0 saturated carbocycles. The molecule has 5 nitrogen and oxygen atoms in total. The maximum absolute atomic E-state index is 12.0. The van der Waals surface area contributed by atoms with Gasteiger partial charge in [-0.1, -0.05) is 19.6 Å². The number of rotatable bonds is 5. The summed E-state index contributed by atoms with van der Waals surface area (Å²) in [5, 5.41) is 4.44. The van der Waals surface area contributed by atoms with E-state index in [1.807, 2.05) is 17.7 Å². The van der Waals surface area contributed by atoms with Crippen LogP contribution >= 0.6 is 0 Å². The van der Waals surface area contributed by atoms with E-state index in [0.717, 1.165) is 12.1 Å². The summed E-state index contributed by atoms with van der Waals surface area (Å²) in [7, 11) is 0. The van der Waals surface area contributed by atoms with Crippen molar-refractivity contribution in [1.82, 2.24) is 14.7 Å². The first-order valence-corrected chi connectivity index (χ1v) is 7.33. The van der Waals surface area contributed by atoms with Gasteiger partial charge in [-0.15, -0.1) is 5.10 Å². The largest absolute Gasteiger partial charge is 0.472 e. The van der Waals surface area contributed by atoms with Crippen LogP contribution in [0.25, 0.3) is 0 Å². The molecule has 0 spiro atoms. The smallest absolute Gasteiger partial charge is 0.249 e. The molecule has 0 saturated heterocycles. The number of carbonyl (C=O) groups is 1. The van der Waals surface area contributed by atoms with Crippen LogP contribution in [0.1, 0.15) is 32.9 Å². The fraction of sp³-hybridized carbons (Fsp3) is 0.500. The van der Waals surface area contributed by atoms with Gasteiger partial charge in [0.15, 0.2) is 0 Å². The predicted molar refractivity (Wildman–Crippen MR) is 82.0 cm³/mol. The molecule has 0 aromatic carbocycles. The Morgan fingerprint density at radius 1 is 1.52 bits per heavy atom. The molecule has 114 valence electrons. The number of aromatic nitrogens is 2. The monoisotopic (exact) mass is 289 g/mol. The zero-order valence-corrected chi connectivity index (χ0v) is 13.1. The molecule has 0 fully saturated rings. The van der Waals surface area contributed by atoms with Gasteiger partial charge in [0.25, 0.3) is 0 Å². The van der Waals surface area contributed by atoms with Crippen molar-refractivity contribution in [2.45, 2.75) is 40.3 Å². The van der Waals surface area contributed by atoms with Crippen LogP contribution in [0, 0.1) is 0 Å². The molecule has 0 unspecified atom stereocenters. The Morgan fingerprint density at radius 2 is 2.29 bits per heavy atom. The van der Waals surface area contributed by atoms with Crippen molar-refractivity contribution in [3.8, 4) is 5.88 Å². The number of amides is 1. The van der Waals surface area contributed by atoms with Crippen molar-refractivity contribution < 1.29 is 9.53 Å². The van der Waals surface area contributed by atoms with E-state index in [2.05, 4.69) is 24.7 Å². The highest BCUT2D eigenvalue weighted by Crippen LogP contribution is 2.19. The molecule has 1 aromatic heterocycles. The van der Waals surface area contributed by atoms with Gasteiger partial charge in [-0.25, -0.2) is 0 Å². The lowest BCUT2D eigenvalue weighted by Gasteiger charge is -2.27. The molecule has 2 heterocycles. The highest BCUT2D eigenvalue weighted by atomic mass is 16.5. The summed E-state index contributed by atoms with van der Waals surface area (Å²) >= 11 is 0. The summed E-state index contributed by atoms with van der Waals surface area (Å²) in [4.78, 5) is 13.8. The van der Waals surface area contributed by atoms with Crippen molar-refractivity contribution in [1.29, 1.82) is 0 Å². The van der Waals surface area contributed by atoms with Gasteiger partial charge in [0.1, 0.15) is 6.61 Å². The molecule has 0 bridgehead atoms. The number of allylic oxidation sites excluding steroid dienone is 1. The van der Waals surface area contributed by atoms with E-state index < -0.39 is 0 Å². The van der Waals surface area contributed by atoms with E-state index in [1.165, 1.54) is 5.57 Å². The fourth-order valence-electron chi connectivity index (χ4n) is 2.31. The van der Waals surface area contributed by atoms with E-state index in [9.17, 15) is 4.79 Å². The van der Waals surface area contributed by atoms with Gasteiger partial charge in [0, 0.05) is 18.2 Å². The molecule has 1 aliphatic rings. The summed E-state index contributed by atoms with van der Waals surface area (Å²) in [5.74, 6) is 0.634. The maximum Gasteiger partial charge on any atom is 0.249 e. The van der Waals surface area contributed by atoms with Crippen molar-refractivity contribution in [3.05, 3.63) is 35.6 Å². The minimum Gasteiger partial charge on any atom is -0.472 e. The number of ether oxygens (including phenoxy) is 1. The molecular formula is C16H23N3O2. The third-order valence-corrected chi connectivity index (χ3v) is 3.70. The van der Waals surface area contributed by atoms with Gasteiger partial charge in [-0.05, 0) is 25.8 Å². The SMILES string of the molecule is C=C(C)C(=O)N1CCn2nc(OCC(=CC)CC)cc2C1. The number of hydrogen-bond acceptors (Lipinski definition) is 3. The lowest BCUT2D eigenvalue weighted by atomic mass is 10.2. The first-order valence-electron chi connectivity index (χ1n) is 7.33. The molecular weight excluding hydrogens is 266 g/mol. The Kier molecular flexibility index (Phi) is 4.83. The summed E-state index contributed by atoms with van der Waals surface area (Å²) in [5.41, 5.74) is 2.82. The van der Waals surface area contributed by atoms with Crippen LogP contribution in [0.5, 0.6) is 5.88 Å². The second-order valence-electron chi connectivity index (χ2n) is 5.29. The highest BCUT2D eigenvalue weighted by molar-refractivity contribution is 5.92. The summed E-state index contributed by atoms with van der Waals surface area (Å²) in [6.45, 7) is 12.1. The van der Waals surface area contributed by atoms with Gasteiger partial charge < -0.3 is 9.64 Å². The zero-order valence-electron chi connectivity index (χ0n) is 13.1. The standard InChI is InChI=1S/C16H23N3O2/c1-5-13(6-2)11-21-15-9-14-10-18(16(20)12(3)4)7-8-19(14)17-15/h5,9H,3,6-8,10-11H2,1-2,4H3. The van der Waals surface area contributed by atoms with E-state index in [1.54, 1.807) is 11.8 Å². The van der Waals surface area contributed by atoms with Crippen LogP contribution in [-0.4, -0.2) is 33.7 Å². The van der Waals surface area contributed by atoms with Crippen molar-refractivity contribution in [2.24, 2.45) is 0 Å². The van der Waals surface area contributed by atoms with Gasteiger partial charge in [0.2, 0.25) is 11.8 Å². The summed E-state index contributed by atoms with van der Waals surface area (Å²) in [6.07, 6.45) is 3.05. The number of nitrogens with zero attached hydrogens (tertiary/aromatic N) is 3. The summed E-state index contributed by atoms with van der Waals surface area (Å²) in [6, 6.07) is 1.92. The zero-order chi connectivity index (χ0) is 15.4. The lowest BCUT2D eigenvalue weighted by Crippen LogP contribution is -2.38. The van der Waals surface area contributed by atoms with Crippen LogP contribution in [0.2, 0.25) is 0 Å². The normalized spacial score (nSPS) is 14.8. The first-order chi connectivity index (χ1) is 10.0. The van der Waals surface area contributed by atoms with Crippen LogP contribution in [0.15, 0.2) is 29.9 Å². The molecule has 1 aliphatic heterocycles. The average molecular weight is 289 g/mol. The molecule has 1 aromatic rings. The van der Waals surface area contributed by atoms with Crippen LogP contribution in [0.4, 0.5) is 0 Å². The number of hydrogen-bond donors (Lipinski definition) is 0. The minimum absolute atomic E-state index is 0.00658.